The van der Waals surface area contributed by atoms with Crippen LogP contribution in [0.15, 0.2) is 12.1 Å². The maximum Gasteiger partial charge on any atom is 0.157 e. The van der Waals surface area contributed by atoms with Gasteiger partial charge in [0.1, 0.15) is 0 Å². The number of Topliss-reactive ketones (excluding diaryl/α,β-unsaturated/α-hetero) is 1. The molecule has 1 rings (SSSR count). The zero-order chi connectivity index (χ0) is 12.3. The lowest BCUT2D eigenvalue weighted by Gasteiger charge is -2.30. The molecule has 0 N–H and O–H groups in total. The zero-order valence-corrected chi connectivity index (χ0v) is 11.6. The number of hydrogen-bond donors (Lipinski definition) is 0. The number of hydrogen-bond acceptors (Lipinski definition) is 3. The summed E-state index contributed by atoms with van der Waals surface area (Å²) in [4.78, 5) is 16.6. The van der Waals surface area contributed by atoms with E-state index in [0.717, 1.165) is 6.42 Å². The normalized spacial score (nSPS) is 12.1. The number of likely N-dealkylation sites (N-methyl/N-ethyl adjacent to an activating group) is 1. The largest absolute Gasteiger partial charge is 0.298 e. The molecule has 0 atom stereocenters. The van der Waals surface area contributed by atoms with Crippen molar-refractivity contribution >= 4 is 17.1 Å². The van der Waals surface area contributed by atoms with E-state index in [1.54, 1.807) is 11.3 Å². The summed E-state index contributed by atoms with van der Waals surface area (Å²) in [5, 5.41) is 0. The molecular formula is C13H21NOS. The standard InChI is InChI=1S/C13H21NOS/c1-6-10-7-8-11(16-10)9-12(15)13(2,3)14(4)5/h7-8H,6,9H2,1-5H3. The molecule has 0 saturated carbocycles. The highest BCUT2D eigenvalue weighted by Gasteiger charge is 2.29. The molecule has 0 bridgehead atoms. The van der Waals surface area contributed by atoms with Gasteiger partial charge in [0.05, 0.1) is 5.54 Å². The van der Waals surface area contributed by atoms with Gasteiger partial charge in [0.15, 0.2) is 5.78 Å². The summed E-state index contributed by atoms with van der Waals surface area (Å²) >= 11 is 1.75. The number of rotatable bonds is 5. The van der Waals surface area contributed by atoms with Crippen LogP contribution in [0.4, 0.5) is 0 Å². The maximum atomic E-state index is 12.1. The first-order chi connectivity index (χ1) is 7.37. The minimum atomic E-state index is -0.379. The van der Waals surface area contributed by atoms with Crippen molar-refractivity contribution in [2.24, 2.45) is 0 Å². The second kappa shape index (κ2) is 5.11. The zero-order valence-electron chi connectivity index (χ0n) is 10.8. The number of aryl methyl sites for hydroxylation is 1. The van der Waals surface area contributed by atoms with Gasteiger partial charge in [-0.15, -0.1) is 11.3 Å². The molecule has 0 fully saturated rings. The molecule has 0 amide bonds. The van der Waals surface area contributed by atoms with Crippen molar-refractivity contribution in [1.29, 1.82) is 0 Å². The highest BCUT2D eigenvalue weighted by molar-refractivity contribution is 7.12. The van der Waals surface area contributed by atoms with Gasteiger partial charge in [0, 0.05) is 16.2 Å². The third-order valence-electron chi connectivity index (χ3n) is 3.20. The van der Waals surface area contributed by atoms with Crippen LogP contribution in [0.25, 0.3) is 0 Å². The lowest BCUT2D eigenvalue weighted by molar-refractivity contribution is -0.127. The van der Waals surface area contributed by atoms with Crippen LogP contribution in [0, 0.1) is 0 Å². The number of thiophene rings is 1. The van der Waals surface area contributed by atoms with E-state index >= 15 is 0 Å². The first-order valence-electron chi connectivity index (χ1n) is 5.66. The Hall–Kier alpha value is -0.670. The van der Waals surface area contributed by atoms with E-state index < -0.39 is 0 Å². The summed E-state index contributed by atoms with van der Waals surface area (Å²) in [5.74, 6) is 0.280. The SMILES string of the molecule is CCc1ccc(CC(=O)C(C)(C)N(C)C)s1. The van der Waals surface area contributed by atoms with Gasteiger partial charge in [0.2, 0.25) is 0 Å². The third-order valence-corrected chi connectivity index (χ3v) is 4.43. The summed E-state index contributed by atoms with van der Waals surface area (Å²) in [6.45, 7) is 6.09. The molecule has 1 aromatic rings. The minimum Gasteiger partial charge on any atom is -0.298 e. The average Bonchev–Trinajstić information content (AvgIpc) is 2.65. The molecule has 0 aliphatic carbocycles. The van der Waals surface area contributed by atoms with Gasteiger partial charge in [-0.25, -0.2) is 0 Å². The first kappa shape index (κ1) is 13.4. The quantitative estimate of drug-likeness (QED) is 0.787. The summed E-state index contributed by atoms with van der Waals surface area (Å²) in [6.07, 6.45) is 1.60. The molecule has 1 heterocycles. The molecule has 0 saturated heterocycles. The molecule has 3 heteroatoms. The molecule has 0 unspecified atom stereocenters. The Morgan fingerprint density at radius 1 is 1.31 bits per heavy atom. The second-order valence-corrected chi connectivity index (χ2v) is 6.03. The molecule has 1 aromatic heterocycles. The maximum absolute atomic E-state index is 12.1. The number of carbonyl (C=O) groups is 1. The fourth-order valence-corrected chi connectivity index (χ4v) is 2.29. The number of carbonyl (C=O) groups excluding carboxylic acids is 1. The minimum absolute atomic E-state index is 0.280. The van der Waals surface area contributed by atoms with Crippen LogP contribution in [-0.2, 0) is 17.6 Å². The van der Waals surface area contributed by atoms with Crippen molar-refractivity contribution in [1.82, 2.24) is 4.90 Å². The Balaban J connectivity index is 2.71. The van der Waals surface area contributed by atoms with Gasteiger partial charge >= 0.3 is 0 Å². The van der Waals surface area contributed by atoms with Crippen LogP contribution >= 0.6 is 11.3 Å². The van der Waals surface area contributed by atoms with Crippen LogP contribution in [0.1, 0.15) is 30.5 Å². The molecule has 0 aliphatic rings. The predicted octanol–water partition coefficient (Wildman–Crippen LogP) is 2.76. The van der Waals surface area contributed by atoms with E-state index in [1.807, 2.05) is 32.8 Å². The van der Waals surface area contributed by atoms with Crippen LogP contribution in [-0.4, -0.2) is 30.3 Å². The Kier molecular flexibility index (Phi) is 4.28. The average molecular weight is 239 g/mol. The van der Waals surface area contributed by atoms with Crippen LogP contribution < -0.4 is 0 Å². The van der Waals surface area contributed by atoms with Gasteiger partial charge in [-0.05, 0) is 46.5 Å². The van der Waals surface area contributed by atoms with Gasteiger partial charge in [0.25, 0.3) is 0 Å². The lowest BCUT2D eigenvalue weighted by atomic mass is 9.95. The molecular weight excluding hydrogens is 218 g/mol. The molecule has 90 valence electrons. The third kappa shape index (κ3) is 2.92. The van der Waals surface area contributed by atoms with Crippen LogP contribution in [0.5, 0.6) is 0 Å². The second-order valence-electron chi connectivity index (χ2n) is 4.77. The van der Waals surface area contributed by atoms with Gasteiger partial charge in [-0.1, -0.05) is 6.92 Å². The van der Waals surface area contributed by atoms with Crippen molar-refractivity contribution < 1.29 is 4.79 Å². The van der Waals surface area contributed by atoms with Crippen molar-refractivity contribution in [3.63, 3.8) is 0 Å². The van der Waals surface area contributed by atoms with E-state index in [0.29, 0.717) is 6.42 Å². The summed E-state index contributed by atoms with van der Waals surface area (Å²) in [5.41, 5.74) is -0.379. The highest BCUT2D eigenvalue weighted by atomic mass is 32.1. The van der Waals surface area contributed by atoms with Gasteiger partial charge < -0.3 is 0 Å². The summed E-state index contributed by atoms with van der Waals surface area (Å²) in [7, 11) is 3.90. The monoisotopic (exact) mass is 239 g/mol. The smallest absolute Gasteiger partial charge is 0.157 e. The van der Waals surface area contributed by atoms with E-state index in [2.05, 4.69) is 19.1 Å². The van der Waals surface area contributed by atoms with Crippen molar-refractivity contribution in [2.45, 2.75) is 39.2 Å². The summed E-state index contributed by atoms with van der Waals surface area (Å²) in [6, 6.07) is 4.20. The van der Waals surface area contributed by atoms with E-state index in [-0.39, 0.29) is 11.3 Å². The van der Waals surface area contributed by atoms with E-state index in [4.69, 9.17) is 0 Å². The molecule has 0 aromatic carbocycles. The molecule has 16 heavy (non-hydrogen) atoms. The predicted molar refractivity (Wildman–Crippen MR) is 70.2 cm³/mol. The van der Waals surface area contributed by atoms with E-state index in [1.165, 1.54) is 9.75 Å². The Bertz CT molecular complexity index is 366. The Morgan fingerprint density at radius 3 is 2.31 bits per heavy atom. The van der Waals surface area contributed by atoms with Crippen molar-refractivity contribution in [3.05, 3.63) is 21.9 Å². The molecule has 0 aliphatic heterocycles. The van der Waals surface area contributed by atoms with Crippen LogP contribution in [0.2, 0.25) is 0 Å². The van der Waals surface area contributed by atoms with Crippen molar-refractivity contribution in [3.8, 4) is 0 Å². The Morgan fingerprint density at radius 2 is 1.88 bits per heavy atom. The highest BCUT2D eigenvalue weighted by Crippen LogP contribution is 2.21. The summed E-state index contributed by atoms with van der Waals surface area (Å²) < 4.78 is 0. The first-order valence-corrected chi connectivity index (χ1v) is 6.48. The van der Waals surface area contributed by atoms with Gasteiger partial charge in [-0.3, -0.25) is 9.69 Å². The molecule has 2 nitrogen and oxygen atoms in total. The van der Waals surface area contributed by atoms with Crippen molar-refractivity contribution in [2.75, 3.05) is 14.1 Å². The molecule has 0 spiro atoms. The lowest BCUT2D eigenvalue weighted by Crippen LogP contribution is -2.46. The number of nitrogens with zero attached hydrogens (tertiary/aromatic N) is 1. The fourth-order valence-electron chi connectivity index (χ4n) is 1.33. The van der Waals surface area contributed by atoms with Gasteiger partial charge in [-0.2, -0.15) is 0 Å². The van der Waals surface area contributed by atoms with E-state index in [9.17, 15) is 4.79 Å². The Labute approximate surface area is 102 Å². The van der Waals surface area contributed by atoms with Crippen LogP contribution in [0.3, 0.4) is 0 Å². The fraction of sp³-hybridized carbons (Fsp3) is 0.615. The topological polar surface area (TPSA) is 20.3 Å². The number of ketones is 1. The molecule has 0 radical (unpaired) electrons.